The summed E-state index contributed by atoms with van der Waals surface area (Å²) in [5, 5.41) is 0. The normalized spacial score (nSPS) is 12.2. The zero-order valence-corrected chi connectivity index (χ0v) is 12.1. The average Bonchev–Trinajstić information content (AvgIpc) is 2.90. The molecule has 1 atom stereocenters. The van der Waals surface area contributed by atoms with Gasteiger partial charge < -0.3 is 9.32 Å². The smallest absolute Gasteiger partial charge is 0.257 e. The van der Waals surface area contributed by atoms with Crippen molar-refractivity contribution in [1.29, 1.82) is 0 Å². The molecular formula is C14H13BrFNO2. The summed E-state index contributed by atoms with van der Waals surface area (Å²) in [6, 6.07) is 7.66. The fraction of sp³-hybridized carbons (Fsp3) is 0.214. The molecule has 0 aliphatic heterocycles. The zero-order chi connectivity index (χ0) is 14.0. The maximum atomic E-state index is 13.8. The number of nitrogens with zero attached hydrogens (tertiary/aromatic N) is 1. The lowest BCUT2D eigenvalue weighted by Gasteiger charge is -2.23. The highest BCUT2D eigenvalue weighted by Crippen LogP contribution is 2.23. The third-order valence-electron chi connectivity index (χ3n) is 3.02. The van der Waals surface area contributed by atoms with Crippen LogP contribution in [0.1, 0.15) is 29.1 Å². The first-order valence-electron chi connectivity index (χ1n) is 5.76. The molecule has 100 valence electrons. The number of halogens is 2. The molecular weight excluding hydrogens is 313 g/mol. The van der Waals surface area contributed by atoms with E-state index in [-0.39, 0.29) is 17.5 Å². The summed E-state index contributed by atoms with van der Waals surface area (Å²) >= 11 is 3.16. The number of benzene rings is 1. The van der Waals surface area contributed by atoms with E-state index in [0.29, 0.717) is 10.2 Å². The van der Waals surface area contributed by atoms with Crippen LogP contribution in [0.5, 0.6) is 0 Å². The highest BCUT2D eigenvalue weighted by molar-refractivity contribution is 9.10. The van der Waals surface area contributed by atoms with Crippen LogP contribution in [0.2, 0.25) is 0 Å². The van der Waals surface area contributed by atoms with E-state index in [1.807, 2.05) is 6.92 Å². The summed E-state index contributed by atoms with van der Waals surface area (Å²) in [6.07, 6.45) is 1.55. The lowest BCUT2D eigenvalue weighted by molar-refractivity contribution is 0.0721. The zero-order valence-electron chi connectivity index (χ0n) is 10.6. The second-order valence-corrected chi connectivity index (χ2v) is 5.15. The van der Waals surface area contributed by atoms with Crippen molar-refractivity contribution in [3.8, 4) is 0 Å². The predicted molar refractivity (Wildman–Crippen MR) is 73.3 cm³/mol. The highest BCUT2D eigenvalue weighted by atomic mass is 79.9. The minimum Gasteiger partial charge on any atom is -0.467 e. The maximum absolute atomic E-state index is 13.8. The van der Waals surface area contributed by atoms with Crippen LogP contribution >= 0.6 is 15.9 Å². The van der Waals surface area contributed by atoms with Crippen LogP contribution in [-0.4, -0.2) is 17.9 Å². The van der Waals surface area contributed by atoms with E-state index in [2.05, 4.69) is 15.9 Å². The molecule has 0 N–H and O–H groups in total. The van der Waals surface area contributed by atoms with Gasteiger partial charge in [-0.05, 0) is 37.3 Å². The molecule has 1 aromatic carbocycles. The Morgan fingerprint density at radius 1 is 1.42 bits per heavy atom. The highest BCUT2D eigenvalue weighted by Gasteiger charge is 2.22. The van der Waals surface area contributed by atoms with Gasteiger partial charge in [0.05, 0.1) is 17.9 Å². The summed E-state index contributed by atoms with van der Waals surface area (Å²) in [5.41, 5.74) is 0.0455. The lowest BCUT2D eigenvalue weighted by atomic mass is 10.1. The summed E-state index contributed by atoms with van der Waals surface area (Å²) < 4.78 is 19.6. The van der Waals surface area contributed by atoms with Crippen molar-refractivity contribution < 1.29 is 13.6 Å². The Morgan fingerprint density at radius 2 is 2.16 bits per heavy atom. The summed E-state index contributed by atoms with van der Waals surface area (Å²) in [4.78, 5) is 13.7. The van der Waals surface area contributed by atoms with Gasteiger partial charge in [0.15, 0.2) is 0 Å². The number of amides is 1. The van der Waals surface area contributed by atoms with Crippen molar-refractivity contribution in [2.75, 3.05) is 7.05 Å². The summed E-state index contributed by atoms with van der Waals surface area (Å²) in [5.74, 6) is -0.264. The van der Waals surface area contributed by atoms with Crippen molar-refractivity contribution in [2.45, 2.75) is 13.0 Å². The van der Waals surface area contributed by atoms with Crippen LogP contribution in [0.25, 0.3) is 0 Å². The summed E-state index contributed by atoms with van der Waals surface area (Å²) in [6.45, 7) is 1.83. The molecule has 0 aliphatic carbocycles. The molecule has 0 fully saturated rings. The van der Waals surface area contributed by atoms with Crippen LogP contribution in [-0.2, 0) is 0 Å². The molecule has 1 amide bonds. The Kier molecular flexibility index (Phi) is 4.04. The number of furan rings is 1. The van der Waals surface area contributed by atoms with Gasteiger partial charge in [-0.3, -0.25) is 4.79 Å². The molecule has 2 rings (SSSR count). The van der Waals surface area contributed by atoms with E-state index >= 15 is 0 Å². The first kappa shape index (κ1) is 13.8. The molecule has 0 spiro atoms. The fourth-order valence-corrected chi connectivity index (χ4v) is 2.08. The Labute approximate surface area is 119 Å². The van der Waals surface area contributed by atoms with Gasteiger partial charge in [-0.25, -0.2) is 4.39 Å². The molecule has 0 saturated carbocycles. The first-order valence-corrected chi connectivity index (χ1v) is 6.55. The average molecular weight is 326 g/mol. The molecule has 0 saturated heterocycles. The minimum absolute atomic E-state index is 0.0455. The number of rotatable bonds is 3. The van der Waals surface area contributed by atoms with Crippen molar-refractivity contribution in [3.05, 3.63) is 58.2 Å². The predicted octanol–water partition coefficient (Wildman–Crippen LogP) is 4.01. The molecule has 1 aromatic heterocycles. The number of carbonyl (C=O) groups is 1. The Bertz CT molecular complexity index is 583. The largest absolute Gasteiger partial charge is 0.467 e. The third-order valence-corrected chi connectivity index (χ3v) is 3.51. The fourth-order valence-electron chi connectivity index (χ4n) is 1.75. The Morgan fingerprint density at radius 3 is 2.74 bits per heavy atom. The van der Waals surface area contributed by atoms with Crippen LogP contribution < -0.4 is 0 Å². The topological polar surface area (TPSA) is 33.5 Å². The maximum Gasteiger partial charge on any atom is 0.257 e. The van der Waals surface area contributed by atoms with E-state index in [9.17, 15) is 9.18 Å². The minimum atomic E-state index is -0.544. The molecule has 0 aliphatic rings. The van der Waals surface area contributed by atoms with Gasteiger partial charge >= 0.3 is 0 Å². The molecule has 3 nitrogen and oxygen atoms in total. The van der Waals surface area contributed by atoms with Gasteiger partial charge in [-0.15, -0.1) is 0 Å². The first-order chi connectivity index (χ1) is 9.00. The van der Waals surface area contributed by atoms with E-state index in [4.69, 9.17) is 4.42 Å². The van der Waals surface area contributed by atoms with Gasteiger partial charge in [-0.1, -0.05) is 15.9 Å². The van der Waals surface area contributed by atoms with Crippen LogP contribution in [0.3, 0.4) is 0 Å². The van der Waals surface area contributed by atoms with E-state index in [0.717, 1.165) is 0 Å². The SMILES string of the molecule is CC(c1ccco1)N(C)C(=O)c1ccc(Br)cc1F. The molecule has 1 heterocycles. The summed E-state index contributed by atoms with van der Waals surface area (Å²) in [7, 11) is 1.62. The lowest BCUT2D eigenvalue weighted by Crippen LogP contribution is -2.30. The number of hydrogen-bond acceptors (Lipinski definition) is 2. The van der Waals surface area contributed by atoms with Crippen LogP contribution in [0, 0.1) is 5.82 Å². The molecule has 0 radical (unpaired) electrons. The van der Waals surface area contributed by atoms with E-state index < -0.39 is 5.82 Å². The molecule has 5 heteroatoms. The van der Waals surface area contributed by atoms with Gasteiger partial charge in [0, 0.05) is 11.5 Å². The van der Waals surface area contributed by atoms with Gasteiger partial charge in [0.25, 0.3) is 5.91 Å². The third kappa shape index (κ3) is 2.87. The van der Waals surface area contributed by atoms with Crippen molar-refractivity contribution >= 4 is 21.8 Å². The van der Waals surface area contributed by atoms with Crippen molar-refractivity contribution in [2.24, 2.45) is 0 Å². The van der Waals surface area contributed by atoms with Crippen molar-refractivity contribution in [1.82, 2.24) is 4.90 Å². The second-order valence-electron chi connectivity index (χ2n) is 4.23. The number of hydrogen-bond donors (Lipinski definition) is 0. The van der Waals surface area contributed by atoms with Crippen LogP contribution in [0.4, 0.5) is 4.39 Å². The quantitative estimate of drug-likeness (QED) is 0.854. The molecule has 2 aromatic rings. The van der Waals surface area contributed by atoms with Gasteiger partial charge in [-0.2, -0.15) is 0 Å². The van der Waals surface area contributed by atoms with Gasteiger partial charge in [0.1, 0.15) is 11.6 Å². The van der Waals surface area contributed by atoms with Gasteiger partial charge in [0.2, 0.25) is 0 Å². The molecule has 1 unspecified atom stereocenters. The monoisotopic (exact) mass is 325 g/mol. The standard InChI is InChI=1S/C14H13BrFNO2/c1-9(13-4-3-7-19-13)17(2)14(18)11-6-5-10(15)8-12(11)16/h3-9H,1-2H3. The van der Waals surface area contributed by atoms with E-state index in [1.54, 1.807) is 31.5 Å². The molecule has 19 heavy (non-hydrogen) atoms. The van der Waals surface area contributed by atoms with Crippen LogP contribution in [0.15, 0.2) is 45.5 Å². The second kappa shape index (κ2) is 5.57. The Hall–Kier alpha value is -1.62. The molecule has 0 bridgehead atoms. The van der Waals surface area contributed by atoms with E-state index in [1.165, 1.54) is 17.0 Å². The Balaban J connectivity index is 2.24. The van der Waals surface area contributed by atoms with Crippen molar-refractivity contribution in [3.63, 3.8) is 0 Å². The number of carbonyl (C=O) groups excluding carboxylic acids is 1.